The predicted molar refractivity (Wildman–Crippen MR) is 104 cm³/mol. The first-order valence-corrected chi connectivity index (χ1v) is 10.3. The lowest BCUT2D eigenvalue weighted by Gasteiger charge is -2.33. The maximum atomic E-state index is 13.2. The zero-order valence-corrected chi connectivity index (χ0v) is 16.4. The van der Waals surface area contributed by atoms with Gasteiger partial charge >= 0.3 is 0 Å². The fraction of sp³-hybridized carbons (Fsp3) is 0.667. The molecule has 0 atom stereocenters. The Balaban J connectivity index is 1.35. The molecular formula is C21H30ClFN2O. The highest BCUT2D eigenvalue weighted by Gasteiger charge is 2.25. The number of nitrogens with zero attached hydrogens (tertiary/aromatic N) is 1. The van der Waals surface area contributed by atoms with Gasteiger partial charge in [-0.25, -0.2) is 4.39 Å². The molecule has 0 unspecified atom stereocenters. The van der Waals surface area contributed by atoms with E-state index in [1.165, 1.54) is 31.4 Å². The Hall–Kier alpha value is -1.13. The van der Waals surface area contributed by atoms with Crippen molar-refractivity contribution >= 4 is 17.5 Å². The summed E-state index contributed by atoms with van der Waals surface area (Å²) in [6, 6.07) is 5.37. The topological polar surface area (TPSA) is 32.3 Å². The van der Waals surface area contributed by atoms with E-state index in [1.807, 2.05) is 11.0 Å². The van der Waals surface area contributed by atoms with E-state index in [2.05, 4.69) is 5.32 Å². The minimum absolute atomic E-state index is 0.196. The summed E-state index contributed by atoms with van der Waals surface area (Å²) in [5, 5.41) is 4.26. The predicted octanol–water partition coefficient (Wildman–Crippen LogP) is 4.74. The van der Waals surface area contributed by atoms with Gasteiger partial charge in [0.2, 0.25) is 5.91 Å². The second-order valence-electron chi connectivity index (χ2n) is 7.91. The number of hydrogen-bond donors (Lipinski definition) is 1. The van der Waals surface area contributed by atoms with Gasteiger partial charge < -0.3 is 10.2 Å². The summed E-state index contributed by atoms with van der Waals surface area (Å²) >= 11 is 6.22. The van der Waals surface area contributed by atoms with Crippen molar-refractivity contribution in [2.75, 3.05) is 19.6 Å². The van der Waals surface area contributed by atoms with Crippen molar-refractivity contribution < 1.29 is 9.18 Å². The molecule has 5 heteroatoms. The van der Waals surface area contributed by atoms with Gasteiger partial charge in [0.1, 0.15) is 5.82 Å². The van der Waals surface area contributed by atoms with E-state index in [0.29, 0.717) is 17.0 Å². The second-order valence-corrected chi connectivity index (χ2v) is 8.31. The van der Waals surface area contributed by atoms with Crippen LogP contribution in [0, 0.1) is 11.7 Å². The third kappa shape index (κ3) is 5.20. The molecule has 1 amide bonds. The summed E-state index contributed by atoms with van der Waals surface area (Å²) in [6.45, 7) is 4.49. The van der Waals surface area contributed by atoms with Crippen molar-refractivity contribution in [1.29, 1.82) is 0 Å². The first-order valence-electron chi connectivity index (χ1n) is 9.96. The van der Waals surface area contributed by atoms with E-state index >= 15 is 0 Å². The maximum absolute atomic E-state index is 13.2. The van der Waals surface area contributed by atoms with Crippen LogP contribution in [0.5, 0.6) is 0 Å². The lowest BCUT2D eigenvalue weighted by molar-refractivity contribution is -0.129. The molecule has 1 aliphatic carbocycles. The molecule has 0 aromatic heterocycles. The number of benzene rings is 1. The Bertz CT molecular complexity index is 608. The van der Waals surface area contributed by atoms with Crippen LogP contribution in [0.1, 0.15) is 63.4 Å². The Labute approximate surface area is 161 Å². The summed E-state index contributed by atoms with van der Waals surface area (Å²) in [7, 11) is 0. The van der Waals surface area contributed by atoms with Gasteiger partial charge in [0.05, 0.1) is 0 Å². The molecule has 26 heavy (non-hydrogen) atoms. The van der Waals surface area contributed by atoms with Crippen LogP contribution in [0.15, 0.2) is 18.2 Å². The summed E-state index contributed by atoms with van der Waals surface area (Å²) in [4.78, 5) is 13.3. The molecular weight excluding hydrogens is 351 g/mol. The van der Waals surface area contributed by atoms with Crippen LogP contribution >= 0.6 is 11.6 Å². The summed E-state index contributed by atoms with van der Waals surface area (Å²) < 4.78 is 13.2. The highest BCUT2D eigenvalue weighted by atomic mass is 35.5. The van der Waals surface area contributed by atoms with Crippen LogP contribution in [-0.4, -0.2) is 36.5 Å². The number of hydrogen-bond acceptors (Lipinski definition) is 2. The number of halogens is 2. The van der Waals surface area contributed by atoms with E-state index < -0.39 is 0 Å². The summed E-state index contributed by atoms with van der Waals surface area (Å²) in [5.41, 5.74) is 1.11. The molecule has 0 spiro atoms. The number of carbonyl (C=O) groups is 1. The third-order valence-electron chi connectivity index (χ3n) is 6.17. The average molecular weight is 381 g/mol. The molecule has 3 rings (SSSR count). The van der Waals surface area contributed by atoms with Gasteiger partial charge in [-0.2, -0.15) is 0 Å². The van der Waals surface area contributed by atoms with Gasteiger partial charge in [-0.3, -0.25) is 4.79 Å². The first kappa shape index (κ1) is 19.6. The summed E-state index contributed by atoms with van der Waals surface area (Å²) in [6.07, 6.45) is 8.09. The molecule has 3 nitrogen and oxygen atoms in total. The zero-order valence-electron chi connectivity index (χ0n) is 15.6. The molecule has 1 saturated heterocycles. The van der Waals surface area contributed by atoms with E-state index in [0.717, 1.165) is 56.8 Å². The monoisotopic (exact) mass is 380 g/mol. The molecule has 1 heterocycles. The standard InChI is InChI=1S/C21H30ClFN2O/c1-15(26)25-12-9-19(10-13-25)24-11-8-16-2-4-17(5-3-16)20-7-6-18(23)14-21(20)22/h6-7,14,16-17,19,24H,2-5,8-13H2,1H3/t16-,17+. The van der Waals surface area contributed by atoms with Crippen LogP contribution in [0.25, 0.3) is 0 Å². The van der Waals surface area contributed by atoms with Crippen molar-refractivity contribution in [3.8, 4) is 0 Å². The van der Waals surface area contributed by atoms with Crippen LogP contribution < -0.4 is 5.32 Å². The highest BCUT2D eigenvalue weighted by molar-refractivity contribution is 6.31. The fourth-order valence-electron chi connectivity index (χ4n) is 4.48. The number of likely N-dealkylation sites (tertiary alicyclic amines) is 1. The lowest BCUT2D eigenvalue weighted by atomic mass is 9.77. The Morgan fingerprint density at radius 3 is 2.50 bits per heavy atom. The van der Waals surface area contributed by atoms with Crippen LogP contribution in [0.3, 0.4) is 0 Å². The van der Waals surface area contributed by atoms with Crippen LogP contribution in [0.2, 0.25) is 5.02 Å². The van der Waals surface area contributed by atoms with Gasteiger partial charge in [-0.1, -0.05) is 17.7 Å². The number of amides is 1. The SMILES string of the molecule is CC(=O)N1CCC(NCC[C@H]2CC[C@@H](c3ccc(F)cc3Cl)CC2)CC1. The molecule has 1 aromatic rings. The molecule has 1 aromatic carbocycles. The van der Waals surface area contributed by atoms with Crippen molar-refractivity contribution in [3.63, 3.8) is 0 Å². The van der Waals surface area contributed by atoms with E-state index in [-0.39, 0.29) is 11.7 Å². The van der Waals surface area contributed by atoms with Crippen molar-refractivity contribution in [2.45, 2.75) is 63.8 Å². The van der Waals surface area contributed by atoms with E-state index in [4.69, 9.17) is 11.6 Å². The minimum Gasteiger partial charge on any atom is -0.343 e. The highest BCUT2D eigenvalue weighted by Crippen LogP contribution is 2.39. The molecule has 1 saturated carbocycles. The molecule has 1 N–H and O–H groups in total. The van der Waals surface area contributed by atoms with Crippen LogP contribution in [0.4, 0.5) is 4.39 Å². The van der Waals surface area contributed by atoms with Crippen molar-refractivity contribution in [2.24, 2.45) is 5.92 Å². The molecule has 144 valence electrons. The summed E-state index contributed by atoms with van der Waals surface area (Å²) in [5.74, 6) is 1.19. The average Bonchev–Trinajstić information content (AvgIpc) is 2.63. The lowest BCUT2D eigenvalue weighted by Crippen LogP contribution is -2.44. The number of piperidine rings is 1. The van der Waals surface area contributed by atoms with Gasteiger partial charge in [0, 0.05) is 31.1 Å². The molecule has 0 radical (unpaired) electrons. The van der Waals surface area contributed by atoms with Gasteiger partial charge in [-0.05, 0) is 81.0 Å². The smallest absolute Gasteiger partial charge is 0.219 e. The number of carbonyl (C=O) groups excluding carboxylic acids is 1. The van der Waals surface area contributed by atoms with E-state index in [9.17, 15) is 9.18 Å². The quantitative estimate of drug-likeness (QED) is 0.799. The van der Waals surface area contributed by atoms with Gasteiger partial charge in [0.25, 0.3) is 0 Å². The number of rotatable bonds is 5. The minimum atomic E-state index is -0.257. The first-order chi connectivity index (χ1) is 12.5. The fourth-order valence-corrected chi connectivity index (χ4v) is 4.81. The van der Waals surface area contributed by atoms with Crippen LogP contribution in [-0.2, 0) is 4.79 Å². The molecule has 0 bridgehead atoms. The van der Waals surface area contributed by atoms with E-state index in [1.54, 1.807) is 6.92 Å². The molecule has 1 aliphatic heterocycles. The normalized spacial score (nSPS) is 24.7. The zero-order chi connectivity index (χ0) is 18.5. The third-order valence-corrected chi connectivity index (χ3v) is 6.50. The largest absolute Gasteiger partial charge is 0.343 e. The Morgan fingerprint density at radius 2 is 1.88 bits per heavy atom. The second kappa shape index (κ2) is 9.18. The van der Waals surface area contributed by atoms with Gasteiger partial charge in [0.15, 0.2) is 0 Å². The Morgan fingerprint density at radius 1 is 1.19 bits per heavy atom. The maximum Gasteiger partial charge on any atom is 0.219 e. The molecule has 2 aliphatic rings. The van der Waals surface area contributed by atoms with Crippen molar-refractivity contribution in [3.05, 3.63) is 34.6 Å². The number of nitrogens with one attached hydrogen (secondary N) is 1. The molecule has 2 fully saturated rings. The Kier molecular flexibility index (Phi) is 6.93. The van der Waals surface area contributed by atoms with Gasteiger partial charge in [-0.15, -0.1) is 0 Å². The van der Waals surface area contributed by atoms with Crippen molar-refractivity contribution in [1.82, 2.24) is 10.2 Å².